The number of rotatable bonds is 4. The monoisotopic (exact) mass is 311 g/mol. The molecule has 0 aliphatic carbocycles. The molecule has 2 N–H and O–H groups in total. The highest BCUT2D eigenvalue weighted by Crippen LogP contribution is 2.27. The van der Waals surface area contributed by atoms with E-state index in [2.05, 4.69) is 0 Å². The van der Waals surface area contributed by atoms with E-state index in [1.54, 1.807) is 24.3 Å². The fraction of sp³-hybridized carbons (Fsp3) is 0.143. The topological polar surface area (TPSA) is 69.4 Å². The lowest BCUT2D eigenvalue weighted by molar-refractivity contribution is 0.481. The minimum absolute atomic E-state index is 0.0511. The highest BCUT2D eigenvalue weighted by atomic mass is 35.5. The first kappa shape index (κ1) is 14.8. The molecule has 0 atom stereocenters. The van der Waals surface area contributed by atoms with Gasteiger partial charge in [-0.25, -0.2) is 13.6 Å². The summed E-state index contributed by atoms with van der Waals surface area (Å²) in [5.41, 5.74) is 0.991. The molecule has 0 spiro atoms. The molecule has 0 unspecified atom stereocenters. The molecular weight excluding hydrogens is 298 g/mol. The van der Waals surface area contributed by atoms with Gasteiger partial charge in [-0.3, -0.25) is 0 Å². The summed E-state index contributed by atoms with van der Waals surface area (Å²) >= 11 is 6.03. The fourth-order valence-electron chi connectivity index (χ4n) is 1.72. The Morgan fingerprint density at radius 2 is 1.70 bits per heavy atom. The van der Waals surface area contributed by atoms with E-state index >= 15 is 0 Å². The zero-order valence-electron chi connectivity index (χ0n) is 10.8. The molecule has 106 valence electrons. The van der Waals surface area contributed by atoms with Crippen molar-refractivity contribution in [3.8, 4) is 11.5 Å². The average molecular weight is 312 g/mol. The van der Waals surface area contributed by atoms with Gasteiger partial charge < -0.3 is 4.74 Å². The van der Waals surface area contributed by atoms with Crippen LogP contribution in [-0.4, -0.2) is 8.42 Å². The Bertz CT molecular complexity index is 712. The Morgan fingerprint density at radius 1 is 1.10 bits per heavy atom. The van der Waals surface area contributed by atoms with Crippen LogP contribution in [0.1, 0.15) is 12.5 Å². The van der Waals surface area contributed by atoms with Gasteiger partial charge in [0.1, 0.15) is 11.5 Å². The van der Waals surface area contributed by atoms with Gasteiger partial charge >= 0.3 is 0 Å². The summed E-state index contributed by atoms with van der Waals surface area (Å²) < 4.78 is 27.9. The van der Waals surface area contributed by atoms with Gasteiger partial charge in [-0.2, -0.15) is 0 Å². The first-order valence-electron chi connectivity index (χ1n) is 5.99. The molecule has 4 nitrogen and oxygen atoms in total. The number of hydrogen-bond donors (Lipinski definition) is 1. The van der Waals surface area contributed by atoms with Crippen molar-refractivity contribution >= 4 is 21.6 Å². The van der Waals surface area contributed by atoms with Gasteiger partial charge in [0, 0.05) is 5.02 Å². The third-order valence-electron chi connectivity index (χ3n) is 2.79. The Kier molecular flexibility index (Phi) is 4.32. The molecular formula is C14H14ClNO3S. The second-order valence-corrected chi connectivity index (χ2v) is 6.19. The summed E-state index contributed by atoms with van der Waals surface area (Å²) in [6.07, 6.45) is 0.806. The summed E-state index contributed by atoms with van der Waals surface area (Å²) in [7, 11) is -3.68. The van der Waals surface area contributed by atoms with Crippen LogP contribution in [0.4, 0.5) is 0 Å². The molecule has 0 radical (unpaired) electrons. The lowest BCUT2D eigenvalue weighted by Crippen LogP contribution is -2.11. The number of hydrogen-bond acceptors (Lipinski definition) is 3. The van der Waals surface area contributed by atoms with Crippen LogP contribution >= 0.6 is 11.6 Å². The molecule has 0 aliphatic heterocycles. The Morgan fingerprint density at radius 3 is 2.25 bits per heavy atom. The van der Waals surface area contributed by atoms with Crippen LogP contribution < -0.4 is 9.88 Å². The second-order valence-electron chi connectivity index (χ2n) is 4.23. The maximum absolute atomic E-state index is 11.1. The molecule has 20 heavy (non-hydrogen) atoms. The summed E-state index contributed by atoms with van der Waals surface area (Å²) in [6.45, 7) is 2.01. The number of ether oxygens (including phenoxy) is 1. The number of primary sulfonamides is 1. The molecule has 2 aromatic carbocycles. The largest absolute Gasteiger partial charge is 0.457 e. The van der Waals surface area contributed by atoms with Gasteiger partial charge in [-0.15, -0.1) is 0 Å². The van der Waals surface area contributed by atoms with Crippen LogP contribution in [-0.2, 0) is 16.4 Å². The smallest absolute Gasteiger partial charge is 0.238 e. The van der Waals surface area contributed by atoms with E-state index in [4.69, 9.17) is 21.5 Å². The third kappa shape index (κ3) is 3.50. The standard InChI is InChI=1S/C14H14ClNO3S/c1-2-10-9-12(5-8-14(10)15)19-11-3-6-13(7-4-11)20(16,17)18/h3-9H,2H2,1H3,(H2,16,17,18). The normalized spacial score (nSPS) is 11.3. The van der Waals surface area contributed by atoms with E-state index in [0.717, 1.165) is 12.0 Å². The number of nitrogens with two attached hydrogens (primary N) is 1. The zero-order chi connectivity index (χ0) is 14.8. The Labute approximate surface area is 123 Å². The van der Waals surface area contributed by atoms with E-state index in [0.29, 0.717) is 16.5 Å². The third-order valence-corrected chi connectivity index (χ3v) is 4.08. The van der Waals surface area contributed by atoms with Crippen LogP contribution in [0.25, 0.3) is 0 Å². The van der Waals surface area contributed by atoms with E-state index in [9.17, 15) is 8.42 Å². The van der Waals surface area contributed by atoms with Crippen molar-refractivity contribution in [2.45, 2.75) is 18.2 Å². The van der Waals surface area contributed by atoms with Crippen molar-refractivity contribution in [1.82, 2.24) is 0 Å². The van der Waals surface area contributed by atoms with Crippen LogP contribution in [0, 0.1) is 0 Å². The number of benzene rings is 2. The maximum atomic E-state index is 11.1. The van der Waals surface area contributed by atoms with Gasteiger partial charge in [0.2, 0.25) is 10.0 Å². The highest BCUT2D eigenvalue weighted by molar-refractivity contribution is 7.89. The molecule has 0 saturated carbocycles. The van der Waals surface area contributed by atoms with Crippen molar-refractivity contribution < 1.29 is 13.2 Å². The molecule has 0 bridgehead atoms. The quantitative estimate of drug-likeness (QED) is 0.941. The molecule has 0 heterocycles. The van der Waals surface area contributed by atoms with E-state index in [-0.39, 0.29) is 4.90 Å². The molecule has 6 heteroatoms. The van der Waals surface area contributed by atoms with Crippen LogP contribution in [0.5, 0.6) is 11.5 Å². The van der Waals surface area contributed by atoms with Crippen molar-refractivity contribution in [2.75, 3.05) is 0 Å². The first-order chi connectivity index (χ1) is 9.40. The van der Waals surface area contributed by atoms with Gasteiger partial charge in [0.15, 0.2) is 0 Å². The SMILES string of the molecule is CCc1cc(Oc2ccc(S(N)(=O)=O)cc2)ccc1Cl. The van der Waals surface area contributed by atoms with E-state index in [1.807, 2.05) is 13.0 Å². The van der Waals surface area contributed by atoms with E-state index < -0.39 is 10.0 Å². The molecule has 0 aromatic heterocycles. The fourth-order valence-corrected chi connectivity index (χ4v) is 2.49. The maximum Gasteiger partial charge on any atom is 0.238 e. The van der Waals surface area contributed by atoms with Crippen LogP contribution in [0.15, 0.2) is 47.4 Å². The lowest BCUT2D eigenvalue weighted by Gasteiger charge is -2.08. The van der Waals surface area contributed by atoms with Crippen molar-refractivity contribution in [3.63, 3.8) is 0 Å². The lowest BCUT2D eigenvalue weighted by atomic mass is 10.1. The summed E-state index contributed by atoms with van der Waals surface area (Å²) in [5, 5.41) is 5.73. The number of aryl methyl sites for hydroxylation is 1. The molecule has 0 amide bonds. The molecule has 0 fully saturated rings. The van der Waals surface area contributed by atoms with Gasteiger partial charge in [0.05, 0.1) is 4.90 Å². The molecule has 2 rings (SSSR count). The second kappa shape index (κ2) is 5.83. The zero-order valence-corrected chi connectivity index (χ0v) is 12.4. The van der Waals surface area contributed by atoms with Crippen molar-refractivity contribution in [2.24, 2.45) is 5.14 Å². The Hall–Kier alpha value is -1.56. The summed E-state index contributed by atoms with van der Waals surface area (Å²) in [6, 6.07) is 11.3. The molecule has 0 saturated heterocycles. The Balaban J connectivity index is 2.22. The summed E-state index contributed by atoms with van der Waals surface area (Å²) in [5.74, 6) is 1.18. The highest BCUT2D eigenvalue weighted by Gasteiger charge is 2.08. The van der Waals surface area contributed by atoms with Gasteiger partial charge in [0.25, 0.3) is 0 Å². The minimum Gasteiger partial charge on any atom is -0.457 e. The average Bonchev–Trinajstić information content (AvgIpc) is 2.40. The van der Waals surface area contributed by atoms with Crippen LogP contribution in [0.2, 0.25) is 5.02 Å². The van der Waals surface area contributed by atoms with Gasteiger partial charge in [-0.05, 0) is 54.4 Å². The summed E-state index contributed by atoms with van der Waals surface area (Å²) in [4.78, 5) is 0.0511. The van der Waals surface area contributed by atoms with Gasteiger partial charge in [-0.1, -0.05) is 18.5 Å². The number of sulfonamides is 1. The number of halogens is 1. The predicted molar refractivity (Wildman–Crippen MR) is 78.7 cm³/mol. The predicted octanol–water partition coefficient (Wildman–Crippen LogP) is 3.34. The minimum atomic E-state index is -3.68. The van der Waals surface area contributed by atoms with E-state index in [1.165, 1.54) is 12.1 Å². The van der Waals surface area contributed by atoms with Crippen molar-refractivity contribution in [3.05, 3.63) is 53.1 Å². The first-order valence-corrected chi connectivity index (χ1v) is 7.91. The molecule has 2 aromatic rings. The van der Waals surface area contributed by atoms with Crippen molar-refractivity contribution in [1.29, 1.82) is 0 Å². The van der Waals surface area contributed by atoms with Crippen LogP contribution in [0.3, 0.4) is 0 Å². The molecule has 0 aliphatic rings.